The lowest BCUT2D eigenvalue weighted by molar-refractivity contribution is -0.125. The zero-order valence-corrected chi connectivity index (χ0v) is 30.5. The van der Waals surface area contributed by atoms with Gasteiger partial charge in [0, 0.05) is 0 Å². The molecule has 0 bridgehead atoms. The van der Waals surface area contributed by atoms with Gasteiger partial charge in [-0.1, -0.05) is 206 Å². The quantitative estimate of drug-likeness (QED) is 0.0509. The summed E-state index contributed by atoms with van der Waals surface area (Å²) in [5.74, 6) is -0.280. The van der Waals surface area contributed by atoms with E-state index in [9.17, 15) is 20.1 Å². The molecule has 4 N–H and O–H groups in total. The number of hydrogen-bond acceptors (Lipinski definition) is 4. The Morgan fingerprint density at radius 2 is 0.756 bits per heavy atom. The van der Waals surface area contributed by atoms with Crippen molar-refractivity contribution in [2.24, 2.45) is 0 Å². The predicted molar refractivity (Wildman–Crippen MR) is 195 cm³/mol. The monoisotopic (exact) mass is 640 g/mol. The summed E-state index contributed by atoms with van der Waals surface area (Å²) in [7, 11) is 0. The van der Waals surface area contributed by atoms with E-state index in [1.165, 1.54) is 167 Å². The summed E-state index contributed by atoms with van der Waals surface area (Å²) in [5.41, 5.74) is 0. The van der Waals surface area contributed by atoms with E-state index in [0.717, 1.165) is 25.7 Å². The summed E-state index contributed by atoms with van der Waals surface area (Å²) in [6.07, 6.45) is 39.2. The van der Waals surface area contributed by atoms with Gasteiger partial charge in [0.25, 0.3) is 0 Å². The highest BCUT2D eigenvalue weighted by molar-refractivity contribution is 5.76. The third kappa shape index (κ3) is 33.1. The van der Waals surface area contributed by atoms with Gasteiger partial charge in [-0.25, -0.2) is 0 Å². The van der Waals surface area contributed by atoms with E-state index in [4.69, 9.17) is 0 Å². The van der Waals surface area contributed by atoms with E-state index in [2.05, 4.69) is 19.2 Å². The van der Waals surface area contributed by atoms with Crippen molar-refractivity contribution in [2.75, 3.05) is 6.61 Å². The fourth-order valence-corrected chi connectivity index (χ4v) is 6.52. The molecule has 0 saturated carbocycles. The summed E-state index contributed by atoms with van der Waals surface area (Å²) in [6.45, 7) is 4.26. The van der Waals surface area contributed by atoms with Crippen molar-refractivity contribution in [2.45, 2.75) is 244 Å². The fraction of sp³-hybridized carbons (Fsp3) is 0.975. The molecule has 3 atom stereocenters. The Balaban J connectivity index is 3.57. The fourth-order valence-electron chi connectivity index (χ4n) is 6.52. The largest absolute Gasteiger partial charge is 0.394 e. The molecule has 0 spiro atoms. The molecule has 0 aliphatic carbocycles. The highest BCUT2D eigenvalue weighted by Gasteiger charge is 2.21. The molecule has 0 heterocycles. The van der Waals surface area contributed by atoms with Gasteiger partial charge in [-0.05, 0) is 12.8 Å². The average Bonchev–Trinajstić information content (AvgIpc) is 3.03. The number of hydrogen-bond donors (Lipinski definition) is 4. The van der Waals surface area contributed by atoms with E-state index in [1.54, 1.807) is 0 Å². The molecule has 0 aromatic rings. The molecule has 0 aromatic heterocycles. The second-order valence-electron chi connectivity index (χ2n) is 14.3. The Hall–Kier alpha value is -0.650. The summed E-state index contributed by atoms with van der Waals surface area (Å²) in [4.78, 5) is 12.4. The first-order chi connectivity index (χ1) is 22.0. The normalized spacial score (nSPS) is 13.6. The molecular formula is C40H81NO4. The van der Waals surface area contributed by atoms with Crippen LogP contribution in [0.5, 0.6) is 0 Å². The lowest BCUT2D eigenvalue weighted by atomic mass is 10.0. The molecule has 0 fully saturated rings. The van der Waals surface area contributed by atoms with Crippen LogP contribution in [0, 0.1) is 0 Å². The van der Waals surface area contributed by atoms with Crippen LogP contribution in [-0.2, 0) is 4.79 Å². The zero-order chi connectivity index (χ0) is 33.1. The first-order valence-corrected chi connectivity index (χ1v) is 20.3. The van der Waals surface area contributed by atoms with Crippen LogP contribution in [0.4, 0.5) is 0 Å². The molecule has 0 radical (unpaired) electrons. The first kappa shape index (κ1) is 44.4. The van der Waals surface area contributed by atoms with E-state index < -0.39 is 18.2 Å². The number of nitrogens with one attached hydrogen (secondary N) is 1. The lowest BCUT2D eigenvalue weighted by Crippen LogP contribution is -2.46. The van der Waals surface area contributed by atoms with E-state index in [0.29, 0.717) is 12.8 Å². The number of aliphatic hydroxyl groups excluding tert-OH is 3. The van der Waals surface area contributed by atoms with Gasteiger partial charge in [0.05, 0.1) is 31.3 Å². The molecule has 0 aromatic carbocycles. The van der Waals surface area contributed by atoms with Crippen LogP contribution in [0.1, 0.15) is 226 Å². The van der Waals surface area contributed by atoms with Crippen LogP contribution in [0.3, 0.4) is 0 Å². The number of unbranched alkanes of at least 4 members (excludes halogenated alkanes) is 28. The number of amides is 1. The molecule has 0 aliphatic heterocycles. The molecule has 270 valence electrons. The smallest absolute Gasteiger partial charge is 0.222 e. The number of rotatable bonds is 37. The molecule has 0 rings (SSSR count). The van der Waals surface area contributed by atoms with Crippen LogP contribution in [-0.4, -0.2) is 46.1 Å². The van der Waals surface area contributed by atoms with Gasteiger partial charge in [-0.15, -0.1) is 0 Å². The molecular weight excluding hydrogens is 558 g/mol. The minimum absolute atomic E-state index is 0.0424. The third-order valence-electron chi connectivity index (χ3n) is 9.67. The summed E-state index contributed by atoms with van der Waals surface area (Å²) in [5, 5.41) is 33.2. The molecule has 3 unspecified atom stereocenters. The topological polar surface area (TPSA) is 89.8 Å². The first-order valence-electron chi connectivity index (χ1n) is 20.3. The summed E-state index contributed by atoms with van der Waals surface area (Å²) in [6, 6.07) is -0.650. The van der Waals surface area contributed by atoms with Gasteiger partial charge in [0.2, 0.25) is 5.91 Å². The summed E-state index contributed by atoms with van der Waals surface area (Å²) < 4.78 is 0. The average molecular weight is 640 g/mol. The van der Waals surface area contributed by atoms with Crippen molar-refractivity contribution in [1.29, 1.82) is 0 Å². The summed E-state index contributed by atoms with van der Waals surface area (Å²) >= 11 is 0. The molecule has 1 amide bonds. The Kier molecular flexibility index (Phi) is 35.7. The molecule has 5 heteroatoms. The molecule has 0 aliphatic rings. The molecule has 0 saturated heterocycles. The van der Waals surface area contributed by atoms with Gasteiger partial charge in [-0.2, -0.15) is 0 Å². The number of aliphatic hydroxyl groups is 3. The van der Waals surface area contributed by atoms with Crippen molar-refractivity contribution in [3.8, 4) is 0 Å². The number of carbonyl (C=O) groups is 1. The van der Waals surface area contributed by atoms with Crippen molar-refractivity contribution in [3.63, 3.8) is 0 Å². The van der Waals surface area contributed by atoms with Crippen LogP contribution in [0.2, 0.25) is 0 Å². The Morgan fingerprint density at radius 3 is 1.07 bits per heavy atom. The van der Waals surface area contributed by atoms with Gasteiger partial charge < -0.3 is 20.6 Å². The second kappa shape index (κ2) is 36.2. The van der Waals surface area contributed by atoms with Crippen LogP contribution < -0.4 is 5.32 Å². The van der Waals surface area contributed by atoms with Gasteiger partial charge in [0.1, 0.15) is 0 Å². The van der Waals surface area contributed by atoms with Gasteiger partial charge in [0.15, 0.2) is 0 Å². The highest BCUT2D eigenvalue weighted by Crippen LogP contribution is 2.16. The lowest BCUT2D eigenvalue weighted by Gasteiger charge is -2.23. The minimum Gasteiger partial charge on any atom is -0.394 e. The molecule has 5 nitrogen and oxygen atoms in total. The van der Waals surface area contributed by atoms with E-state index in [1.807, 2.05) is 0 Å². The maximum absolute atomic E-state index is 12.4. The van der Waals surface area contributed by atoms with E-state index >= 15 is 0 Å². The SMILES string of the molecule is CCCCCCCCCCCCCCCCCCCCCC(O)CC(=O)NC(CO)C(O)CCCCCCCCCCCCC. The van der Waals surface area contributed by atoms with Gasteiger partial charge >= 0.3 is 0 Å². The number of carbonyl (C=O) groups excluding carboxylic acids is 1. The van der Waals surface area contributed by atoms with E-state index in [-0.39, 0.29) is 18.9 Å². The Morgan fingerprint density at radius 1 is 0.467 bits per heavy atom. The van der Waals surface area contributed by atoms with Crippen molar-refractivity contribution < 1.29 is 20.1 Å². The highest BCUT2D eigenvalue weighted by atomic mass is 16.3. The maximum Gasteiger partial charge on any atom is 0.222 e. The van der Waals surface area contributed by atoms with Gasteiger partial charge in [-0.3, -0.25) is 4.79 Å². The predicted octanol–water partition coefficient (Wildman–Crippen LogP) is 11.1. The van der Waals surface area contributed by atoms with Crippen LogP contribution >= 0.6 is 0 Å². The Bertz CT molecular complexity index is 587. The van der Waals surface area contributed by atoms with Crippen LogP contribution in [0.15, 0.2) is 0 Å². The zero-order valence-electron chi connectivity index (χ0n) is 30.5. The Labute approximate surface area is 281 Å². The molecule has 45 heavy (non-hydrogen) atoms. The van der Waals surface area contributed by atoms with Crippen molar-refractivity contribution >= 4 is 5.91 Å². The second-order valence-corrected chi connectivity index (χ2v) is 14.3. The van der Waals surface area contributed by atoms with Crippen molar-refractivity contribution in [3.05, 3.63) is 0 Å². The standard InChI is InChI=1S/C40H81NO4/c1-3-5-7-9-11-13-15-16-17-18-19-20-21-22-24-25-27-29-31-33-37(43)35-40(45)41-38(36-42)39(44)34-32-30-28-26-23-14-12-10-8-6-4-2/h37-39,42-44H,3-36H2,1-2H3,(H,41,45). The maximum atomic E-state index is 12.4. The minimum atomic E-state index is -0.741. The van der Waals surface area contributed by atoms with Crippen molar-refractivity contribution in [1.82, 2.24) is 5.32 Å². The third-order valence-corrected chi connectivity index (χ3v) is 9.67. The van der Waals surface area contributed by atoms with Crippen LogP contribution in [0.25, 0.3) is 0 Å².